The summed E-state index contributed by atoms with van der Waals surface area (Å²) >= 11 is 7.60. The van der Waals surface area contributed by atoms with Gasteiger partial charge >= 0.3 is 0 Å². The molecule has 0 radical (unpaired) electrons. The van der Waals surface area contributed by atoms with Gasteiger partial charge < -0.3 is 5.32 Å². The van der Waals surface area contributed by atoms with Crippen molar-refractivity contribution in [3.05, 3.63) is 39.9 Å². The van der Waals surface area contributed by atoms with Gasteiger partial charge in [-0.3, -0.25) is 0 Å². The first-order valence-corrected chi connectivity index (χ1v) is 5.85. The van der Waals surface area contributed by atoms with E-state index in [0.29, 0.717) is 11.0 Å². The second-order valence-corrected chi connectivity index (χ2v) is 4.34. The van der Waals surface area contributed by atoms with Crippen molar-refractivity contribution in [2.75, 3.05) is 11.9 Å². The quantitative estimate of drug-likeness (QED) is 0.892. The van der Waals surface area contributed by atoms with Crippen LogP contribution >= 0.6 is 22.9 Å². The Morgan fingerprint density at radius 2 is 2.20 bits per heavy atom. The van der Waals surface area contributed by atoms with Gasteiger partial charge in [-0.2, -0.15) is 0 Å². The van der Waals surface area contributed by atoms with Crippen LogP contribution < -0.4 is 5.32 Å². The average Bonchev–Trinajstić information content (AvgIpc) is 2.74. The van der Waals surface area contributed by atoms with Crippen molar-refractivity contribution in [2.24, 2.45) is 0 Å². The highest BCUT2D eigenvalue weighted by molar-refractivity contribution is 7.09. The molecule has 15 heavy (non-hydrogen) atoms. The molecule has 0 aromatic carbocycles. The third kappa shape index (κ3) is 2.91. The smallest absolute Gasteiger partial charge is 0.171 e. The summed E-state index contributed by atoms with van der Waals surface area (Å²) in [5.41, 5.74) is 0. The monoisotopic (exact) mass is 239 g/mol. The topological polar surface area (TPSA) is 37.8 Å². The van der Waals surface area contributed by atoms with Crippen molar-refractivity contribution in [3.8, 4) is 0 Å². The molecule has 5 heteroatoms. The predicted molar refractivity (Wildman–Crippen MR) is 63.6 cm³/mol. The molecule has 0 amide bonds. The number of thiophene rings is 1. The number of aromatic nitrogens is 2. The number of rotatable bonds is 4. The van der Waals surface area contributed by atoms with Crippen LogP contribution in [-0.4, -0.2) is 16.5 Å². The van der Waals surface area contributed by atoms with E-state index in [1.165, 1.54) is 4.88 Å². The summed E-state index contributed by atoms with van der Waals surface area (Å²) in [6.45, 7) is 0.818. The standard InChI is InChI=1S/C10H10ClN3S/c11-9-10(14-6-5-12-9)13-4-3-8-2-1-7-15-8/h1-2,5-7H,3-4H2,(H,13,14). The average molecular weight is 240 g/mol. The fraction of sp³-hybridized carbons (Fsp3) is 0.200. The molecule has 0 bridgehead atoms. The molecule has 0 aliphatic heterocycles. The van der Waals surface area contributed by atoms with Crippen molar-refractivity contribution >= 4 is 28.8 Å². The number of nitrogens with zero attached hydrogens (tertiary/aromatic N) is 2. The van der Waals surface area contributed by atoms with Gasteiger partial charge in [-0.05, 0) is 17.9 Å². The minimum Gasteiger partial charge on any atom is -0.367 e. The minimum absolute atomic E-state index is 0.420. The van der Waals surface area contributed by atoms with Gasteiger partial charge in [0.1, 0.15) is 0 Å². The fourth-order valence-electron chi connectivity index (χ4n) is 1.20. The lowest BCUT2D eigenvalue weighted by Crippen LogP contribution is -2.06. The lowest BCUT2D eigenvalue weighted by atomic mass is 10.3. The number of anilines is 1. The second kappa shape index (κ2) is 5.09. The third-order valence-corrected chi connectivity index (χ3v) is 3.11. The molecule has 0 atom stereocenters. The Bertz CT molecular complexity index is 416. The lowest BCUT2D eigenvalue weighted by molar-refractivity contribution is 1.02. The molecule has 2 rings (SSSR count). The van der Waals surface area contributed by atoms with Crippen LogP contribution in [0.1, 0.15) is 4.88 Å². The molecule has 78 valence electrons. The Balaban J connectivity index is 1.86. The molecular formula is C10H10ClN3S. The van der Waals surface area contributed by atoms with Crippen molar-refractivity contribution in [2.45, 2.75) is 6.42 Å². The maximum atomic E-state index is 5.85. The van der Waals surface area contributed by atoms with Crippen molar-refractivity contribution in [1.29, 1.82) is 0 Å². The van der Waals surface area contributed by atoms with E-state index < -0.39 is 0 Å². The molecular weight excluding hydrogens is 230 g/mol. The van der Waals surface area contributed by atoms with E-state index in [1.54, 1.807) is 23.7 Å². The molecule has 0 aliphatic carbocycles. The number of hydrogen-bond acceptors (Lipinski definition) is 4. The first kappa shape index (κ1) is 10.4. The molecule has 2 aromatic rings. The van der Waals surface area contributed by atoms with Gasteiger partial charge in [0.25, 0.3) is 0 Å². The number of halogens is 1. The van der Waals surface area contributed by atoms with E-state index in [0.717, 1.165) is 13.0 Å². The molecule has 0 fully saturated rings. The molecule has 0 saturated carbocycles. The van der Waals surface area contributed by atoms with Crippen LogP contribution in [0.5, 0.6) is 0 Å². The normalized spacial score (nSPS) is 10.2. The molecule has 0 unspecified atom stereocenters. The molecule has 3 nitrogen and oxygen atoms in total. The first-order valence-electron chi connectivity index (χ1n) is 4.59. The van der Waals surface area contributed by atoms with E-state index in [9.17, 15) is 0 Å². The summed E-state index contributed by atoms with van der Waals surface area (Å²) in [7, 11) is 0. The molecule has 2 heterocycles. The van der Waals surface area contributed by atoms with Gasteiger partial charge in [-0.25, -0.2) is 9.97 Å². The van der Waals surface area contributed by atoms with Crippen LogP contribution in [0.2, 0.25) is 5.15 Å². The fourth-order valence-corrected chi connectivity index (χ4v) is 2.08. The SMILES string of the molecule is Clc1nccnc1NCCc1cccs1. The summed E-state index contributed by atoms with van der Waals surface area (Å²) in [5, 5.41) is 5.65. The van der Waals surface area contributed by atoms with Crippen LogP contribution in [-0.2, 0) is 6.42 Å². The van der Waals surface area contributed by atoms with Gasteiger partial charge in [0.15, 0.2) is 11.0 Å². The van der Waals surface area contributed by atoms with Crippen LogP contribution in [0.25, 0.3) is 0 Å². The van der Waals surface area contributed by atoms with E-state index in [1.807, 2.05) is 0 Å². The Morgan fingerprint density at radius 1 is 1.33 bits per heavy atom. The van der Waals surface area contributed by atoms with Crippen LogP contribution in [0.15, 0.2) is 29.9 Å². The highest BCUT2D eigenvalue weighted by Crippen LogP contribution is 2.14. The summed E-state index contributed by atoms with van der Waals surface area (Å²) in [6.07, 6.45) is 4.18. The largest absolute Gasteiger partial charge is 0.367 e. The van der Waals surface area contributed by atoms with Crippen LogP contribution in [0.4, 0.5) is 5.82 Å². The summed E-state index contributed by atoms with van der Waals surface area (Å²) in [4.78, 5) is 9.38. The number of nitrogens with one attached hydrogen (secondary N) is 1. The van der Waals surface area contributed by atoms with Gasteiger partial charge in [0, 0.05) is 23.8 Å². The summed E-state index contributed by atoms with van der Waals surface area (Å²) in [6, 6.07) is 4.17. The van der Waals surface area contributed by atoms with Crippen molar-refractivity contribution in [1.82, 2.24) is 9.97 Å². The van der Waals surface area contributed by atoms with Crippen LogP contribution in [0, 0.1) is 0 Å². The maximum absolute atomic E-state index is 5.85. The molecule has 0 saturated heterocycles. The van der Waals surface area contributed by atoms with E-state index in [4.69, 9.17) is 11.6 Å². The third-order valence-electron chi connectivity index (χ3n) is 1.90. The summed E-state index contributed by atoms with van der Waals surface area (Å²) in [5.74, 6) is 0.649. The molecule has 0 aliphatic rings. The Hall–Kier alpha value is -1.13. The second-order valence-electron chi connectivity index (χ2n) is 2.95. The Morgan fingerprint density at radius 3 is 2.93 bits per heavy atom. The highest BCUT2D eigenvalue weighted by atomic mass is 35.5. The van der Waals surface area contributed by atoms with E-state index >= 15 is 0 Å². The van der Waals surface area contributed by atoms with Gasteiger partial charge in [0.2, 0.25) is 0 Å². The Labute approximate surface area is 97.2 Å². The first-order chi connectivity index (χ1) is 7.36. The molecule has 2 aromatic heterocycles. The lowest BCUT2D eigenvalue weighted by Gasteiger charge is -2.04. The molecule has 1 N–H and O–H groups in total. The van der Waals surface area contributed by atoms with E-state index in [2.05, 4.69) is 32.8 Å². The van der Waals surface area contributed by atoms with Crippen molar-refractivity contribution < 1.29 is 0 Å². The van der Waals surface area contributed by atoms with E-state index in [-0.39, 0.29) is 0 Å². The van der Waals surface area contributed by atoms with Crippen molar-refractivity contribution in [3.63, 3.8) is 0 Å². The minimum atomic E-state index is 0.420. The molecule has 0 spiro atoms. The highest BCUT2D eigenvalue weighted by Gasteiger charge is 2.00. The van der Waals surface area contributed by atoms with Gasteiger partial charge in [-0.15, -0.1) is 11.3 Å². The van der Waals surface area contributed by atoms with Crippen LogP contribution in [0.3, 0.4) is 0 Å². The van der Waals surface area contributed by atoms with Gasteiger partial charge in [-0.1, -0.05) is 17.7 Å². The van der Waals surface area contributed by atoms with Gasteiger partial charge in [0.05, 0.1) is 0 Å². The zero-order valence-electron chi connectivity index (χ0n) is 7.98. The predicted octanol–water partition coefficient (Wildman–Crippen LogP) is 2.85. The summed E-state index contributed by atoms with van der Waals surface area (Å²) < 4.78 is 0. The zero-order chi connectivity index (χ0) is 10.5. The zero-order valence-corrected chi connectivity index (χ0v) is 9.55. The maximum Gasteiger partial charge on any atom is 0.171 e. The Kier molecular flexibility index (Phi) is 3.53. The number of hydrogen-bond donors (Lipinski definition) is 1.